The first-order chi connectivity index (χ1) is 45.3. The van der Waals surface area contributed by atoms with E-state index in [1.165, 1.54) is 35.7 Å². The van der Waals surface area contributed by atoms with E-state index in [1.54, 1.807) is 94.6 Å². The number of rotatable bonds is 12. The molecule has 0 aliphatic rings. The highest BCUT2D eigenvalue weighted by atomic mass is 79.9. The van der Waals surface area contributed by atoms with E-state index in [2.05, 4.69) is 57.8 Å². The Kier molecular flexibility index (Phi) is 25.3. The molecule has 0 saturated heterocycles. The van der Waals surface area contributed by atoms with Gasteiger partial charge in [0, 0.05) is 42.3 Å². The molecule has 0 unspecified atom stereocenters. The van der Waals surface area contributed by atoms with Crippen LogP contribution in [0, 0.1) is 20.8 Å². The summed E-state index contributed by atoms with van der Waals surface area (Å²) < 4.78 is 32.9. The number of halogens is 2. The molecule has 0 fully saturated rings. The van der Waals surface area contributed by atoms with Gasteiger partial charge in [0.1, 0.15) is 34.5 Å². The molecule has 12 aromatic carbocycles. The predicted molar refractivity (Wildman–Crippen MR) is 393 cm³/mol. The molecule has 12 aromatic rings. The minimum atomic E-state index is 0.0140. The van der Waals surface area contributed by atoms with Crippen molar-refractivity contribution >= 4 is 131 Å². The molecule has 12 nitrogen and oxygen atoms in total. The number of carbonyl (C=O) groups excluding carboxylic acids is 6. The maximum Gasteiger partial charge on any atom is 0.159 e. The van der Waals surface area contributed by atoms with Crippen molar-refractivity contribution in [3.63, 3.8) is 0 Å². The van der Waals surface area contributed by atoms with Crippen LogP contribution in [0.3, 0.4) is 0 Å². The van der Waals surface area contributed by atoms with Crippen molar-refractivity contribution in [3.8, 4) is 34.5 Å². The number of ether oxygens (including phenoxy) is 6. The Balaban J connectivity index is 0.000000161. The van der Waals surface area contributed by atoms with E-state index < -0.39 is 0 Å². The molecule has 0 heterocycles. The van der Waals surface area contributed by atoms with Gasteiger partial charge in [-0.25, -0.2) is 0 Å². The maximum atomic E-state index is 11.4. The number of Topliss-reactive ketones (excluding diaryl/α,β-unsaturated/α-hetero) is 6. The van der Waals surface area contributed by atoms with Crippen LogP contribution in [-0.2, 0) is 0 Å². The van der Waals surface area contributed by atoms with Gasteiger partial charge in [-0.15, -0.1) is 0 Å². The maximum absolute atomic E-state index is 11.4. The second kappa shape index (κ2) is 33.2. The molecular formula is C81H76Br2O12. The SMILES string of the molecule is CC(=O)c1cc(Br)c2cc(C(C)=O)cc(Br)c2c1.CC(=O)c1ccc2cc(C(C)=O)ccc2c1.COc1cc(C)c2cc(OC)cc(C)c2c1.COc1ccc2cc(C(C)=O)ccc2c1.COc1ccc2cc(C(C)=O)ccc2c1C.COc1ccc2cc(OC)ccc2c1. The normalized spacial score (nSPS) is 10.4. The Labute approximate surface area is 571 Å². The zero-order valence-electron chi connectivity index (χ0n) is 56.1. The van der Waals surface area contributed by atoms with Crippen LogP contribution in [0.2, 0.25) is 0 Å². The van der Waals surface area contributed by atoms with Crippen molar-refractivity contribution in [2.75, 3.05) is 42.7 Å². The first-order valence-corrected chi connectivity index (χ1v) is 31.8. The standard InChI is InChI=1S/C14H10Br2O2.C14H16O2.C14H14O2.C14H12O2.C13H12O2.C12H12O2/c1-7(17)9-3-11-12(13(15)5-9)4-10(8(2)18)6-14(11)16;1-9-5-11(15-3)8-14-10(2)6-12(16-4)7-13(9)14;1-9-13-6-4-11(10(2)15)8-12(13)5-7-14(9)16-3;1-9(15)11-3-5-14-8-12(10(2)16)4-6-13(14)7-11;1-9(14)10-3-4-12-8-13(15-2)6-5-11(12)7-10;1-13-11-5-3-10-8-12(14-2)6-4-9(10)7-11/h3-6H,1-2H3;5-8H,1-4H3;4-8H,1-3H3;3-8H,1-2H3;3-8H,1-2H3;3-8H,1-2H3. The third kappa shape index (κ3) is 18.6. The third-order valence-corrected chi connectivity index (χ3v) is 17.2. The van der Waals surface area contributed by atoms with Crippen LogP contribution in [0.4, 0.5) is 0 Å². The lowest BCUT2D eigenvalue weighted by Gasteiger charge is -2.10. The zero-order valence-corrected chi connectivity index (χ0v) is 59.2. The summed E-state index contributed by atoms with van der Waals surface area (Å²) in [7, 11) is 10.0. The average Bonchev–Trinajstić information content (AvgIpc) is 0.819. The van der Waals surface area contributed by atoms with Gasteiger partial charge < -0.3 is 28.4 Å². The van der Waals surface area contributed by atoms with Crippen LogP contribution in [0.1, 0.15) is 120 Å². The summed E-state index contributed by atoms with van der Waals surface area (Å²) >= 11 is 6.90. The number of fused-ring (bicyclic) bond motifs is 6. The number of carbonyl (C=O) groups is 6. The molecule has 14 heteroatoms. The van der Waals surface area contributed by atoms with Gasteiger partial charge in [-0.3, -0.25) is 28.8 Å². The van der Waals surface area contributed by atoms with Gasteiger partial charge in [-0.2, -0.15) is 0 Å². The number of aryl methyl sites for hydroxylation is 3. The van der Waals surface area contributed by atoms with Gasteiger partial charge in [-0.05, 0) is 259 Å². The number of benzene rings is 12. The number of ketones is 6. The van der Waals surface area contributed by atoms with E-state index in [0.29, 0.717) is 22.3 Å². The molecule has 0 aliphatic heterocycles. The minimum absolute atomic E-state index is 0.0140. The Morgan fingerprint density at radius 3 is 0.842 bits per heavy atom. The van der Waals surface area contributed by atoms with Crippen molar-refractivity contribution < 1.29 is 57.2 Å². The van der Waals surface area contributed by atoms with Gasteiger partial charge in [0.25, 0.3) is 0 Å². The molecule has 0 spiro atoms. The van der Waals surface area contributed by atoms with E-state index >= 15 is 0 Å². The second-order valence-electron chi connectivity index (χ2n) is 22.4. The van der Waals surface area contributed by atoms with Crippen LogP contribution in [0.25, 0.3) is 64.6 Å². The molecule has 0 aromatic heterocycles. The monoisotopic (exact) mass is 1400 g/mol. The predicted octanol–water partition coefficient (Wildman–Crippen LogP) is 20.8. The number of methoxy groups -OCH3 is 6. The third-order valence-electron chi connectivity index (χ3n) is 15.9. The summed E-state index contributed by atoms with van der Waals surface area (Å²) in [6, 6.07) is 59.6. The first kappa shape index (κ1) is 72.4. The van der Waals surface area contributed by atoms with E-state index in [4.69, 9.17) is 28.4 Å². The fourth-order valence-electron chi connectivity index (χ4n) is 10.4. The lowest BCUT2D eigenvalue weighted by Crippen LogP contribution is -1.96. The Morgan fingerprint density at radius 1 is 0.253 bits per heavy atom. The van der Waals surface area contributed by atoms with Crippen molar-refractivity contribution in [2.45, 2.75) is 62.3 Å². The quantitative estimate of drug-likeness (QED) is 0.107. The van der Waals surface area contributed by atoms with Crippen molar-refractivity contribution in [1.82, 2.24) is 0 Å². The van der Waals surface area contributed by atoms with Crippen LogP contribution in [-0.4, -0.2) is 77.4 Å². The molecular weight excluding hydrogens is 1320 g/mol. The fraction of sp³-hybridized carbons (Fsp3) is 0.185. The highest BCUT2D eigenvalue weighted by Crippen LogP contribution is 2.35. The summed E-state index contributed by atoms with van der Waals surface area (Å²) in [5, 5.41) is 12.9. The topological polar surface area (TPSA) is 158 Å². The summed E-state index contributed by atoms with van der Waals surface area (Å²) in [5.74, 6) is 5.58. The van der Waals surface area contributed by atoms with E-state index in [1.807, 2.05) is 159 Å². The van der Waals surface area contributed by atoms with Crippen molar-refractivity contribution in [2.24, 2.45) is 0 Å². The summed E-state index contributed by atoms with van der Waals surface area (Å²) in [4.78, 5) is 67.8. The lowest BCUT2D eigenvalue weighted by molar-refractivity contribution is 0.100. The van der Waals surface area contributed by atoms with Crippen LogP contribution < -0.4 is 28.4 Å². The molecule has 0 amide bonds. The molecule has 95 heavy (non-hydrogen) atoms. The molecule has 0 saturated carbocycles. The molecule has 0 aliphatic carbocycles. The van der Waals surface area contributed by atoms with Crippen LogP contribution >= 0.6 is 31.9 Å². The molecule has 0 bridgehead atoms. The van der Waals surface area contributed by atoms with E-state index in [0.717, 1.165) is 114 Å². The Morgan fingerprint density at radius 2 is 0.537 bits per heavy atom. The minimum Gasteiger partial charge on any atom is -0.497 e. The average molecular weight is 1400 g/mol. The van der Waals surface area contributed by atoms with Gasteiger partial charge in [0.05, 0.1) is 42.7 Å². The highest BCUT2D eigenvalue weighted by Gasteiger charge is 2.13. The molecule has 0 N–H and O–H groups in total. The summed E-state index contributed by atoms with van der Waals surface area (Å²) in [5.41, 5.74) is 7.69. The fourth-order valence-corrected chi connectivity index (χ4v) is 11.5. The number of hydrogen-bond acceptors (Lipinski definition) is 12. The van der Waals surface area contributed by atoms with Crippen LogP contribution in [0.5, 0.6) is 34.5 Å². The van der Waals surface area contributed by atoms with Crippen molar-refractivity contribution in [3.05, 3.63) is 247 Å². The molecule has 0 atom stereocenters. The first-order valence-electron chi connectivity index (χ1n) is 30.2. The van der Waals surface area contributed by atoms with E-state index in [9.17, 15) is 28.8 Å². The van der Waals surface area contributed by atoms with Gasteiger partial charge in [0.2, 0.25) is 0 Å². The molecule has 486 valence electrons. The summed E-state index contributed by atoms with van der Waals surface area (Å²) in [6.45, 7) is 15.5. The second-order valence-corrected chi connectivity index (χ2v) is 24.2. The Bertz CT molecular complexity index is 4690. The largest absolute Gasteiger partial charge is 0.497 e. The smallest absolute Gasteiger partial charge is 0.159 e. The van der Waals surface area contributed by atoms with Crippen molar-refractivity contribution in [1.29, 1.82) is 0 Å². The highest BCUT2D eigenvalue weighted by molar-refractivity contribution is 9.11. The molecule has 0 radical (unpaired) electrons. The van der Waals surface area contributed by atoms with Gasteiger partial charge in [0.15, 0.2) is 34.7 Å². The van der Waals surface area contributed by atoms with Gasteiger partial charge >= 0.3 is 0 Å². The van der Waals surface area contributed by atoms with Gasteiger partial charge in [-0.1, -0.05) is 105 Å². The Hall–Kier alpha value is -10.0. The van der Waals surface area contributed by atoms with E-state index in [-0.39, 0.29) is 34.7 Å². The lowest BCUT2D eigenvalue weighted by atomic mass is 10.0. The number of hydrogen-bond donors (Lipinski definition) is 0. The molecule has 12 rings (SSSR count). The van der Waals surface area contributed by atoms with Crippen LogP contribution in [0.15, 0.2) is 197 Å². The summed E-state index contributed by atoms with van der Waals surface area (Å²) in [6.07, 6.45) is 0. The zero-order chi connectivity index (χ0) is 69.4.